The van der Waals surface area contributed by atoms with Crippen molar-refractivity contribution < 1.29 is 4.79 Å². The Labute approximate surface area is 92.2 Å². The van der Waals surface area contributed by atoms with Crippen LogP contribution in [0, 0.1) is 5.92 Å². The molecule has 0 bridgehead atoms. The van der Waals surface area contributed by atoms with Crippen molar-refractivity contribution in [1.82, 2.24) is 10.2 Å². The molecule has 0 saturated heterocycles. The second kappa shape index (κ2) is 6.08. The molecule has 1 saturated carbocycles. The number of carbonyl (C=O) groups excluding carboxylic acids is 1. The van der Waals surface area contributed by atoms with Crippen LogP contribution in [-0.4, -0.2) is 43.5 Å². The van der Waals surface area contributed by atoms with Crippen molar-refractivity contribution in [3.63, 3.8) is 0 Å². The summed E-state index contributed by atoms with van der Waals surface area (Å²) in [5.74, 6) is 0.897. The van der Waals surface area contributed by atoms with Gasteiger partial charge in [-0.1, -0.05) is 0 Å². The van der Waals surface area contributed by atoms with Crippen LogP contribution in [0.1, 0.15) is 26.2 Å². The number of amides is 1. The highest BCUT2D eigenvalue weighted by atomic mass is 16.1. The van der Waals surface area contributed by atoms with E-state index in [4.69, 9.17) is 5.73 Å². The minimum atomic E-state index is 0.148. The smallest absolute Gasteiger partial charge is 0.221 e. The van der Waals surface area contributed by atoms with Gasteiger partial charge in [0.25, 0.3) is 0 Å². The fourth-order valence-electron chi connectivity index (χ4n) is 2.05. The first-order valence-electron chi connectivity index (χ1n) is 5.82. The van der Waals surface area contributed by atoms with Crippen LogP contribution >= 0.6 is 0 Å². The molecule has 3 N–H and O–H groups in total. The van der Waals surface area contributed by atoms with E-state index in [-0.39, 0.29) is 5.91 Å². The van der Waals surface area contributed by atoms with Crippen LogP contribution in [0.2, 0.25) is 0 Å². The lowest BCUT2D eigenvalue weighted by molar-refractivity contribution is -0.121. The van der Waals surface area contributed by atoms with Gasteiger partial charge in [-0.2, -0.15) is 0 Å². The van der Waals surface area contributed by atoms with E-state index in [0.717, 1.165) is 38.4 Å². The average molecular weight is 213 g/mol. The van der Waals surface area contributed by atoms with Crippen molar-refractivity contribution >= 4 is 5.91 Å². The van der Waals surface area contributed by atoms with Crippen molar-refractivity contribution in [2.75, 3.05) is 26.7 Å². The van der Waals surface area contributed by atoms with E-state index in [2.05, 4.69) is 17.3 Å². The quantitative estimate of drug-likeness (QED) is 0.662. The maximum absolute atomic E-state index is 11.2. The van der Waals surface area contributed by atoms with E-state index in [9.17, 15) is 4.79 Å². The summed E-state index contributed by atoms with van der Waals surface area (Å²) in [5.41, 5.74) is 5.72. The highest BCUT2D eigenvalue weighted by molar-refractivity contribution is 5.75. The zero-order valence-corrected chi connectivity index (χ0v) is 9.83. The summed E-state index contributed by atoms with van der Waals surface area (Å²) in [6.07, 6.45) is 2.89. The van der Waals surface area contributed by atoms with Crippen LogP contribution < -0.4 is 11.1 Å². The number of nitrogens with two attached hydrogens (primary N) is 1. The summed E-state index contributed by atoms with van der Waals surface area (Å²) in [5, 5.41) is 2.80. The van der Waals surface area contributed by atoms with Crippen molar-refractivity contribution in [2.45, 2.75) is 32.2 Å². The molecule has 1 aliphatic carbocycles. The third kappa shape index (κ3) is 4.62. The predicted molar refractivity (Wildman–Crippen MR) is 61.5 cm³/mol. The molecule has 0 radical (unpaired) electrons. The summed E-state index contributed by atoms with van der Waals surface area (Å²) in [6, 6.07) is 0.423. The van der Waals surface area contributed by atoms with Gasteiger partial charge >= 0.3 is 0 Å². The van der Waals surface area contributed by atoms with E-state index >= 15 is 0 Å². The van der Waals surface area contributed by atoms with Crippen LogP contribution in [0.25, 0.3) is 0 Å². The molecule has 0 aromatic carbocycles. The van der Waals surface area contributed by atoms with E-state index in [0.29, 0.717) is 12.5 Å². The molecule has 0 aromatic heterocycles. The molecular weight excluding hydrogens is 190 g/mol. The SMILES string of the molecule is CCNC(=O)CCN(C)CC1CC(N)C1. The Morgan fingerprint density at radius 3 is 2.73 bits per heavy atom. The molecule has 88 valence electrons. The van der Waals surface area contributed by atoms with Gasteiger partial charge < -0.3 is 16.0 Å². The molecule has 0 heterocycles. The maximum atomic E-state index is 11.2. The first kappa shape index (κ1) is 12.5. The number of hydrogen-bond acceptors (Lipinski definition) is 3. The number of carbonyl (C=O) groups is 1. The van der Waals surface area contributed by atoms with Gasteiger partial charge in [0.1, 0.15) is 0 Å². The lowest BCUT2D eigenvalue weighted by Crippen LogP contribution is -2.42. The van der Waals surface area contributed by atoms with E-state index in [1.807, 2.05) is 6.92 Å². The molecule has 1 aliphatic rings. The molecule has 1 rings (SSSR count). The minimum Gasteiger partial charge on any atom is -0.356 e. The van der Waals surface area contributed by atoms with Gasteiger partial charge in [0.2, 0.25) is 5.91 Å². The van der Waals surface area contributed by atoms with E-state index < -0.39 is 0 Å². The normalized spacial score (nSPS) is 25.1. The highest BCUT2D eigenvalue weighted by Crippen LogP contribution is 2.25. The first-order valence-corrected chi connectivity index (χ1v) is 5.82. The Kier molecular flexibility index (Phi) is 5.05. The van der Waals surface area contributed by atoms with E-state index in [1.165, 1.54) is 0 Å². The Morgan fingerprint density at radius 1 is 1.53 bits per heavy atom. The topological polar surface area (TPSA) is 58.4 Å². The lowest BCUT2D eigenvalue weighted by Gasteiger charge is -2.35. The Balaban J connectivity index is 2.03. The monoisotopic (exact) mass is 213 g/mol. The van der Waals surface area contributed by atoms with Crippen LogP contribution in [0.4, 0.5) is 0 Å². The molecule has 0 aliphatic heterocycles. The fourth-order valence-corrected chi connectivity index (χ4v) is 2.05. The number of rotatable bonds is 6. The largest absolute Gasteiger partial charge is 0.356 e. The van der Waals surface area contributed by atoms with Crippen LogP contribution in [0.3, 0.4) is 0 Å². The van der Waals surface area contributed by atoms with Gasteiger partial charge in [-0.3, -0.25) is 4.79 Å². The molecule has 1 amide bonds. The molecule has 15 heavy (non-hydrogen) atoms. The first-order chi connectivity index (χ1) is 7.11. The second-order valence-corrected chi connectivity index (χ2v) is 4.56. The van der Waals surface area contributed by atoms with Crippen molar-refractivity contribution in [2.24, 2.45) is 11.7 Å². The summed E-state index contributed by atoms with van der Waals surface area (Å²) < 4.78 is 0. The van der Waals surface area contributed by atoms with Gasteiger partial charge in [-0.05, 0) is 32.7 Å². The van der Waals surface area contributed by atoms with Gasteiger partial charge in [0.15, 0.2) is 0 Å². The lowest BCUT2D eigenvalue weighted by atomic mass is 9.80. The van der Waals surface area contributed by atoms with Crippen LogP contribution in [0.5, 0.6) is 0 Å². The van der Waals surface area contributed by atoms with E-state index in [1.54, 1.807) is 0 Å². The zero-order chi connectivity index (χ0) is 11.3. The summed E-state index contributed by atoms with van der Waals surface area (Å²) >= 11 is 0. The number of nitrogens with zero attached hydrogens (tertiary/aromatic N) is 1. The second-order valence-electron chi connectivity index (χ2n) is 4.56. The van der Waals surface area contributed by atoms with Crippen LogP contribution in [-0.2, 0) is 4.79 Å². The molecule has 1 fully saturated rings. The zero-order valence-electron chi connectivity index (χ0n) is 9.83. The highest BCUT2D eigenvalue weighted by Gasteiger charge is 2.26. The molecule has 0 atom stereocenters. The van der Waals surface area contributed by atoms with Crippen molar-refractivity contribution in [1.29, 1.82) is 0 Å². The molecule has 4 heteroatoms. The molecular formula is C11H23N3O. The van der Waals surface area contributed by atoms with Crippen molar-refractivity contribution in [3.8, 4) is 0 Å². The van der Waals surface area contributed by atoms with Gasteiger partial charge in [0, 0.05) is 32.1 Å². The molecule has 0 aromatic rings. The average Bonchev–Trinajstić information content (AvgIpc) is 2.13. The molecule has 0 spiro atoms. The summed E-state index contributed by atoms with van der Waals surface area (Å²) in [6.45, 7) is 4.59. The summed E-state index contributed by atoms with van der Waals surface area (Å²) in [4.78, 5) is 13.4. The fraction of sp³-hybridized carbons (Fsp3) is 0.909. The Morgan fingerprint density at radius 2 is 2.20 bits per heavy atom. The number of nitrogens with one attached hydrogen (secondary N) is 1. The standard InChI is InChI=1S/C11H23N3O/c1-3-13-11(15)4-5-14(2)8-9-6-10(12)7-9/h9-10H,3-8,12H2,1-2H3,(H,13,15). The van der Waals surface area contributed by atoms with Gasteiger partial charge in [0.05, 0.1) is 0 Å². The van der Waals surface area contributed by atoms with Gasteiger partial charge in [-0.25, -0.2) is 0 Å². The third-order valence-corrected chi connectivity index (χ3v) is 2.94. The van der Waals surface area contributed by atoms with Crippen molar-refractivity contribution in [3.05, 3.63) is 0 Å². The predicted octanol–water partition coefficient (Wildman–Crippen LogP) is 0.182. The third-order valence-electron chi connectivity index (χ3n) is 2.94. The van der Waals surface area contributed by atoms with Crippen LogP contribution in [0.15, 0.2) is 0 Å². The van der Waals surface area contributed by atoms with Gasteiger partial charge in [-0.15, -0.1) is 0 Å². The molecule has 0 unspecified atom stereocenters. The Bertz CT molecular complexity index is 202. The minimum absolute atomic E-state index is 0.148. The summed E-state index contributed by atoms with van der Waals surface area (Å²) in [7, 11) is 2.07. The number of hydrogen-bond donors (Lipinski definition) is 2. The maximum Gasteiger partial charge on any atom is 0.221 e. The Hall–Kier alpha value is -0.610. The molecule has 4 nitrogen and oxygen atoms in total.